The summed E-state index contributed by atoms with van der Waals surface area (Å²) in [4.78, 5) is 9.45. The summed E-state index contributed by atoms with van der Waals surface area (Å²) in [6.45, 7) is 1.20. The van der Waals surface area contributed by atoms with Crippen LogP contribution in [0.3, 0.4) is 0 Å². The summed E-state index contributed by atoms with van der Waals surface area (Å²) < 4.78 is 0. The van der Waals surface area contributed by atoms with E-state index in [0.29, 0.717) is 0 Å². The second kappa shape index (κ2) is 17.7. The van der Waals surface area contributed by atoms with Crippen LogP contribution in [-0.4, -0.2) is 113 Å². The zero-order chi connectivity index (χ0) is 5.15. The van der Waals surface area contributed by atoms with Crippen LogP contribution in [0.15, 0.2) is 0 Å². The molecule has 0 bridgehead atoms. The standard InChI is InChI=1S/C3H6O3.Ca.ClH.Mg.Na.5H/c1-2(4)3(5)6;;;;;;;;;/h2,4H,1H3,(H,5,6);;1H;;;;;;;. The first-order valence-corrected chi connectivity index (χ1v) is 1.55. The third-order valence-electron chi connectivity index (χ3n) is 0.357. The SMILES string of the molecule is CC(O)C(=O)O.Cl.[CaH2].[MgH2].[NaH]. The minimum atomic E-state index is -1.23. The molecule has 0 aliphatic rings. The summed E-state index contributed by atoms with van der Waals surface area (Å²) in [6.07, 6.45) is -1.23. The van der Waals surface area contributed by atoms with E-state index in [9.17, 15) is 4.79 Å². The molecule has 0 aliphatic carbocycles. The molecule has 0 heterocycles. The molecule has 0 saturated carbocycles. The van der Waals surface area contributed by atoms with E-state index in [1.165, 1.54) is 6.92 Å². The average Bonchev–Trinajstić information content (AvgIpc) is 1.36. The zero-order valence-corrected chi connectivity index (χ0v) is 4.60. The molecule has 0 rings (SSSR count). The molecule has 0 spiro atoms. The van der Waals surface area contributed by atoms with Crippen LogP contribution in [0.4, 0.5) is 0 Å². The van der Waals surface area contributed by atoms with Crippen molar-refractivity contribution in [1.82, 2.24) is 0 Å². The third kappa shape index (κ3) is 22.4. The summed E-state index contributed by atoms with van der Waals surface area (Å²) in [6, 6.07) is 0. The molecule has 3 nitrogen and oxygen atoms in total. The molecule has 1 atom stereocenters. The first-order chi connectivity index (χ1) is 2.64. The number of hydrogen-bond acceptors (Lipinski definition) is 2. The van der Waals surface area contributed by atoms with E-state index in [4.69, 9.17) is 10.2 Å². The van der Waals surface area contributed by atoms with E-state index in [1.54, 1.807) is 0 Å². The topological polar surface area (TPSA) is 57.5 Å². The van der Waals surface area contributed by atoms with Gasteiger partial charge in [-0.15, -0.1) is 12.4 Å². The number of aliphatic hydroxyl groups is 1. The van der Waals surface area contributed by atoms with Crippen molar-refractivity contribution in [3.05, 3.63) is 0 Å². The van der Waals surface area contributed by atoms with Crippen LogP contribution in [0.25, 0.3) is 0 Å². The van der Waals surface area contributed by atoms with E-state index in [-0.39, 0.29) is 103 Å². The van der Waals surface area contributed by atoms with E-state index in [1.807, 2.05) is 0 Å². The van der Waals surface area contributed by atoms with Crippen molar-refractivity contribution in [3.8, 4) is 0 Å². The Bertz CT molecular complexity index is 74.8. The Labute approximate surface area is 134 Å². The number of hydrogen-bond donors (Lipinski definition) is 2. The first kappa shape index (κ1) is 29.3. The van der Waals surface area contributed by atoms with Gasteiger partial charge in [-0.25, -0.2) is 4.79 Å². The monoisotopic (exact) mass is 218 g/mol. The second-order valence-electron chi connectivity index (χ2n) is 1.01. The predicted octanol–water partition coefficient (Wildman–Crippen LogP) is -2.61. The summed E-state index contributed by atoms with van der Waals surface area (Å²) in [5.74, 6) is -1.19. The van der Waals surface area contributed by atoms with Gasteiger partial charge in [0.25, 0.3) is 0 Å². The van der Waals surface area contributed by atoms with Gasteiger partial charge in [-0.05, 0) is 6.92 Å². The first-order valence-electron chi connectivity index (χ1n) is 1.55. The molecule has 0 fully saturated rings. The van der Waals surface area contributed by atoms with E-state index in [0.717, 1.165) is 0 Å². The van der Waals surface area contributed by atoms with Crippen LogP contribution in [0, 0.1) is 0 Å². The molecule has 0 amide bonds. The molecule has 7 heteroatoms. The van der Waals surface area contributed by atoms with Gasteiger partial charge in [-0.1, -0.05) is 0 Å². The van der Waals surface area contributed by atoms with Crippen molar-refractivity contribution >= 4 is 109 Å². The van der Waals surface area contributed by atoms with E-state index in [2.05, 4.69) is 0 Å². The Hall–Kier alpha value is 2.75. The number of carboxylic acids is 1. The number of carboxylic acid groups (broad SMARTS) is 1. The van der Waals surface area contributed by atoms with Gasteiger partial charge < -0.3 is 10.2 Å². The van der Waals surface area contributed by atoms with Crippen LogP contribution in [-0.2, 0) is 4.79 Å². The van der Waals surface area contributed by atoms with Gasteiger partial charge >= 0.3 is 96.3 Å². The van der Waals surface area contributed by atoms with Crippen molar-refractivity contribution in [1.29, 1.82) is 0 Å². The molecule has 0 aromatic rings. The van der Waals surface area contributed by atoms with Gasteiger partial charge in [0.1, 0.15) is 6.10 Å². The van der Waals surface area contributed by atoms with Crippen LogP contribution in [0.2, 0.25) is 0 Å². The van der Waals surface area contributed by atoms with E-state index < -0.39 is 12.1 Å². The van der Waals surface area contributed by atoms with Gasteiger partial charge in [0.2, 0.25) is 0 Å². The van der Waals surface area contributed by atoms with Crippen LogP contribution in [0.1, 0.15) is 6.92 Å². The van der Waals surface area contributed by atoms with E-state index >= 15 is 0 Å². The molecule has 0 aliphatic heterocycles. The Balaban J connectivity index is -0.0000000208. The fourth-order valence-electron chi connectivity index (χ4n) is 0. The third-order valence-corrected chi connectivity index (χ3v) is 0.357. The van der Waals surface area contributed by atoms with Gasteiger partial charge in [0, 0.05) is 0 Å². The Morgan fingerprint density at radius 2 is 1.60 bits per heavy atom. The molecule has 1 unspecified atom stereocenters. The quantitative estimate of drug-likeness (QED) is 0.475. The Kier molecular flexibility index (Phi) is 52.0. The Morgan fingerprint density at radius 3 is 1.60 bits per heavy atom. The maximum atomic E-state index is 9.45. The van der Waals surface area contributed by atoms with Crippen molar-refractivity contribution in [2.24, 2.45) is 0 Å². The van der Waals surface area contributed by atoms with Crippen LogP contribution < -0.4 is 0 Å². The predicted molar refractivity (Wildman–Crippen MR) is 50.8 cm³/mol. The molecule has 10 heavy (non-hydrogen) atoms. The zero-order valence-electron chi connectivity index (χ0n) is 3.79. The summed E-state index contributed by atoms with van der Waals surface area (Å²) >= 11 is 0. The molecule has 2 N–H and O–H groups in total. The second-order valence-corrected chi connectivity index (χ2v) is 1.01. The summed E-state index contributed by atoms with van der Waals surface area (Å²) in [5, 5.41) is 15.8. The normalized spacial score (nSPS) is 8.20. The molecule has 54 valence electrons. The number of aliphatic carboxylic acids is 1. The molecule has 0 saturated heterocycles. The fraction of sp³-hybridized carbons (Fsp3) is 0.667. The molecule has 0 radical (unpaired) electrons. The summed E-state index contributed by atoms with van der Waals surface area (Å²) in [5.41, 5.74) is 0. The minimum absolute atomic E-state index is 0. The van der Waals surface area contributed by atoms with Crippen molar-refractivity contribution in [2.75, 3.05) is 0 Å². The van der Waals surface area contributed by atoms with Gasteiger partial charge in [-0.2, -0.15) is 0 Å². The number of aliphatic hydroxyl groups excluding tert-OH is 1. The van der Waals surface area contributed by atoms with Gasteiger partial charge in [-0.3, -0.25) is 0 Å². The molecule has 0 aromatic carbocycles. The molecule has 0 aromatic heterocycles. The van der Waals surface area contributed by atoms with Gasteiger partial charge in [0.15, 0.2) is 0 Å². The number of rotatable bonds is 1. The van der Waals surface area contributed by atoms with Gasteiger partial charge in [0.05, 0.1) is 0 Å². The van der Waals surface area contributed by atoms with Crippen molar-refractivity contribution in [2.45, 2.75) is 13.0 Å². The fourth-order valence-corrected chi connectivity index (χ4v) is 0. The van der Waals surface area contributed by atoms with Crippen molar-refractivity contribution in [3.63, 3.8) is 0 Å². The van der Waals surface area contributed by atoms with Crippen LogP contribution >= 0.6 is 12.4 Å². The number of carbonyl (C=O) groups is 1. The van der Waals surface area contributed by atoms with Crippen molar-refractivity contribution < 1.29 is 15.0 Å². The maximum absolute atomic E-state index is 9.45. The Morgan fingerprint density at radius 1 is 1.50 bits per heavy atom. The molecular weight excluding hydrogens is 207 g/mol. The average molecular weight is 219 g/mol. The number of halogens is 1. The molecular formula is C3H12CaClMgNaO3. The van der Waals surface area contributed by atoms with Crippen LogP contribution in [0.5, 0.6) is 0 Å². The summed E-state index contributed by atoms with van der Waals surface area (Å²) in [7, 11) is 0.